The van der Waals surface area contributed by atoms with E-state index in [-0.39, 0.29) is 24.0 Å². The number of nitrogens with zero attached hydrogens (tertiary/aromatic N) is 4. The summed E-state index contributed by atoms with van der Waals surface area (Å²) in [5.74, 6) is -0.0502. The van der Waals surface area contributed by atoms with Crippen LogP contribution < -0.4 is 5.32 Å². The van der Waals surface area contributed by atoms with Gasteiger partial charge in [0.1, 0.15) is 6.10 Å². The summed E-state index contributed by atoms with van der Waals surface area (Å²) >= 11 is 0. The first kappa shape index (κ1) is 21.2. The van der Waals surface area contributed by atoms with Crippen molar-refractivity contribution < 1.29 is 9.53 Å². The summed E-state index contributed by atoms with van der Waals surface area (Å²) < 4.78 is 6.00. The first-order chi connectivity index (χ1) is 15.3. The molecule has 1 saturated carbocycles. The first-order valence-corrected chi connectivity index (χ1v) is 11.2. The molecule has 7 nitrogen and oxygen atoms in total. The van der Waals surface area contributed by atoms with Crippen molar-refractivity contribution in [2.75, 3.05) is 6.54 Å². The molecule has 3 unspecified atom stereocenters. The lowest BCUT2D eigenvalue weighted by Crippen LogP contribution is -2.45. The van der Waals surface area contributed by atoms with Crippen LogP contribution in [0.15, 0.2) is 59.0 Å². The van der Waals surface area contributed by atoms with Crippen LogP contribution in [0.1, 0.15) is 56.8 Å². The van der Waals surface area contributed by atoms with Crippen molar-refractivity contribution >= 4 is 17.5 Å². The highest BCUT2D eigenvalue weighted by atomic mass is 16.6. The largest absolute Gasteiger partial charge is 0.446 e. The van der Waals surface area contributed by atoms with Gasteiger partial charge >= 0.3 is 6.09 Å². The number of hydrogen-bond donors (Lipinski definition) is 1. The number of amides is 1. The molecular weight excluding hydrogens is 390 g/mol. The van der Waals surface area contributed by atoms with Gasteiger partial charge in [0.2, 0.25) is 0 Å². The summed E-state index contributed by atoms with van der Waals surface area (Å²) in [5, 5.41) is 12.1. The van der Waals surface area contributed by atoms with Crippen molar-refractivity contribution in [1.82, 2.24) is 15.3 Å². The summed E-state index contributed by atoms with van der Waals surface area (Å²) in [6.07, 6.45) is 8.69. The van der Waals surface area contributed by atoms with Crippen LogP contribution in [-0.4, -0.2) is 40.1 Å². The smallest absolute Gasteiger partial charge is 0.407 e. The molecule has 2 aromatic rings. The van der Waals surface area contributed by atoms with Crippen LogP contribution in [0, 0.1) is 11.8 Å². The number of fused-ring (bicyclic) bond motifs is 1. The number of pyridine rings is 2. The average Bonchev–Trinajstić information content (AvgIpc) is 2.81. The van der Waals surface area contributed by atoms with Gasteiger partial charge in [0, 0.05) is 24.9 Å². The molecule has 2 aromatic heterocycles. The van der Waals surface area contributed by atoms with Gasteiger partial charge in [-0.3, -0.25) is 9.97 Å². The van der Waals surface area contributed by atoms with Gasteiger partial charge in [-0.15, -0.1) is 0 Å². The Bertz CT molecular complexity index is 930. The minimum Gasteiger partial charge on any atom is -0.446 e. The topological polar surface area (TPSA) is 88.8 Å². The second kappa shape index (κ2) is 10.3. The summed E-state index contributed by atoms with van der Waals surface area (Å²) in [5.41, 5.74) is 3.27. The van der Waals surface area contributed by atoms with Crippen molar-refractivity contribution in [2.24, 2.45) is 22.0 Å². The highest BCUT2D eigenvalue weighted by Crippen LogP contribution is 2.37. The number of carbonyl (C=O) groups excluding carboxylic acids is 1. The van der Waals surface area contributed by atoms with Crippen molar-refractivity contribution in [3.63, 3.8) is 0 Å². The molecule has 7 heteroatoms. The zero-order valence-corrected chi connectivity index (χ0v) is 17.9. The van der Waals surface area contributed by atoms with E-state index in [1.807, 2.05) is 43.3 Å². The van der Waals surface area contributed by atoms with Gasteiger partial charge in [-0.25, -0.2) is 4.79 Å². The number of carbonyl (C=O) groups is 1. The summed E-state index contributed by atoms with van der Waals surface area (Å²) in [7, 11) is 0. The van der Waals surface area contributed by atoms with E-state index in [9.17, 15) is 4.79 Å². The Labute approximate surface area is 183 Å². The van der Waals surface area contributed by atoms with E-state index < -0.39 is 0 Å². The van der Waals surface area contributed by atoms with Gasteiger partial charge in [-0.2, -0.15) is 10.2 Å². The van der Waals surface area contributed by atoms with Crippen LogP contribution in [0.3, 0.4) is 0 Å². The van der Waals surface area contributed by atoms with E-state index in [0.717, 1.165) is 61.3 Å². The molecule has 0 aromatic carbocycles. The fourth-order valence-corrected chi connectivity index (χ4v) is 4.46. The number of nitrogens with one attached hydrogen (secondary N) is 1. The molecule has 3 atom stereocenters. The lowest BCUT2D eigenvalue weighted by molar-refractivity contribution is 0.0580. The van der Waals surface area contributed by atoms with Gasteiger partial charge in [0.25, 0.3) is 0 Å². The Morgan fingerprint density at radius 3 is 2.32 bits per heavy atom. The highest BCUT2D eigenvalue weighted by Gasteiger charge is 2.43. The number of ether oxygens (including phenoxy) is 1. The molecule has 4 rings (SSSR count). The number of hydrogen-bond acceptors (Lipinski definition) is 6. The summed E-state index contributed by atoms with van der Waals surface area (Å²) in [4.78, 5) is 21.6. The van der Waals surface area contributed by atoms with E-state index in [0.29, 0.717) is 6.54 Å². The monoisotopic (exact) mass is 419 g/mol. The first-order valence-electron chi connectivity index (χ1n) is 11.2. The molecule has 1 fully saturated rings. The van der Waals surface area contributed by atoms with Gasteiger partial charge in [-0.1, -0.05) is 31.9 Å². The number of alkyl carbamates (subject to hydrolysis) is 1. The highest BCUT2D eigenvalue weighted by molar-refractivity contribution is 6.10. The molecule has 31 heavy (non-hydrogen) atoms. The van der Waals surface area contributed by atoms with Crippen LogP contribution in [0.4, 0.5) is 4.79 Å². The Morgan fingerprint density at radius 1 is 0.968 bits per heavy atom. The lowest BCUT2D eigenvalue weighted by atomic mass is 9.72. The van der Waals surface area contributed by atoms with E-state index >= 15 is 0 Å². The third kappa shape index (κ3) is 4.98. The van der Waals surface area contributed by atoms with Crippen molar-refractivity contribution in [1.29, 1.82) is 0 Å². The molecule has 0 saturated heterocycles. The molecule has 1 aliphatic carbocycles. The molecule has 3 heterocycles. The molecule has 0 radical (unpaired) electrons. The predicted octanol–water partition coefficient (Wildman–Crippen LogP) is 4.38. The van der Waals surface area contributed by atoms with E-state index in [4.69, 9.17) is 4.74 Å². The molecule has 2 aliphatic rings. The van der Waals surface area contributed by atoms with E-state index in [1.165, 1.54) is 0 Å². The Morgan fingerprint density at radius 2 is 1.65 bits per heavy atom. The van der Waals surface area contributed by atoms with Crippen LogP contribution in [0.2, 0.25) is 0 Å². The van der Waals surface area contributed by atoms with Crippen LogP contribution in [0.25, 0.3) is 0 Å². The Balaban J connectivity index is 1.74. The molecule has 0 spiro atoms. The van der Waals surface area contributed by atoms with Crippen molar-refractivity contribution in [3.8, 4) is 0 Å². The van der Waals surface area contributed by atoms with Crippen LogP contribution in [-0.2, 0) is 4.74 Å². The van der Waals surface area contributed by atoms with Gasteiger partial charge in [0.05, 0.1) is 28.7 Å². The molecule has 1 amide bonds. The summed E-state index contributed by atoms with van der Waals surface area (Å²) in [6, 6.07) is 11.6. The minimum absolute atomic E-state index is 0.0636. The fraction of sp³-hybridized carbons (Fsp3) is 0.458. The maximum Gasteiger partial charge on any atom is 0.407 e. The van der Waals surface area contributed by atoms with Crippen molar-refractivity contribution in [3.05, 3.63) is 60.2 Å². The maximum absolute atomic E-state index is 12.5. The molecule has 0 bridgehead atoms. The molecule has 162 valence electrons. The zero-order valence-electron chi connectivity index (χ0n) is 17.9. The number of rotatable bonds is 5. The quantitative estimate of drug-likeness (QED) is 0.779. The van der Waals surface area contributed by atoms with Gasteiger partial charge in [-0.05, 0) is 49.9 Å². The lowest BCUT2D eigenvalue weighted by Gasteiger charge is -2.37. The zero-order chi connectivity index (χ0) is 21.5. The van der Waals surface area contributed by atoms with Crippen LogP contribution in [0.5, 0.6) is 0 Å². The van der Waals surface area contributed by atoms with Crippen molar-refractivity contribution in [2.45, 2.75) is 51.6 Å². The SMILES string of the molecule is CCCNC(=O)OC1CCCCCC2C(c3ccccn3)=NN=C(c3ccccn3)C12. The number of aromatic nitrogens is 2. The third-order valence-corrected chi connectivity index (χ3v) is 5.90. The fourth-order valence-electron chi connectivity index (χ4n) is 4.46. The van der Waals surface area contributed by atoms with E-state index in [2.05, 4.69) is 25.5 Å². The van der Waals surface area contributed by atoms with E-state index in [1.54, 1.807) is 12.4 Å². The Hall–Kier alpha value is -3.09. The maximum atomic E-state index is 12.5. The normalized spacial score (nSPS) is 23.5. The standard InChI is InChI=1S/C24H29N5O2/c1-2-14-27-24(30)31-20-13-5-3-4-10-17-21(20)23(19-12-7-9-16-26-19)29-28-22(17)18-11-6-8-15-25-18/h6-9,11-12,15-17,20-21H,2-5,10,13-14H2,1H3,(H,27,30). The average molecular weight is 420 g/mol. The second-order valence-electron chi connectivity index (χ2n) is 8.04. The van der Waals surface area contributed by atoms with Gasteiger partial charge in [0.15, 0.2) is 0 Å². The molecular formula is C24H29N5O2. The minimum atomic E-state index is -0.367. The summed E-state index contributed by atoms with van der Waals surface area (Å²) in [6.45, 7) is 2.62. The second-order valence-corrected chi connectivity index (χ2v) is 8.04. The van der Waals surface area contributed by atoms with Gasteiger partial charge < -0.3 is 10.1 Å². The Kier molecular flexibility index (Phi) is 7.02. The predicted molar refractivity (Wildman–Crippen MR) is 120 cm³/mol. The van der Waals surface area contributed by atoms with Crippen LogP contribution >= 0.6 is 0 Å². The molecule has 1 N–H and O–H groups in total. The third-order valence-electron chi connectivity index (χ3n) is 5.90. The molecule has 1 aliphatic heterocycles.